The average molecular weight is 251 g/mol. The fourth-order valence-electron chi connectivity index (χ4n) is 1.60. The molecule has 2 rings (SSSR count). The Bertz CT molecular complexity index is 400. The Balaban J connectivity index is 1.80. The van der Waals surface area contributed by atoms with Crippen molar-refractivity contribution in [1.82, 2.24) is 14.9 Å². The summed E-state index contributed by atoms with van der Waals surface area (Å²) in [4.78, 5) is 32.5. The molecule has 0 aromatic carbocycles. The monoisotopic (exact) mass is 251 g/mol. The van der Waals surface area contributed by atoms with Gasteiger partial charge in [0.05, 0.1) is 10.8 Å². The highest BCUT2D eigenvalue weighted by atomic mass is 32.2. The molecule has 0 N–H and O–H groups in total. The second-order valence-corrected chi connectivity index (χ2v) is 4.75. The van der Waals surface area contributed by atoms with Gasteiger partial charge >= 0.3 is 0 Å². The van der Waals surface area contributed by atoms with Crippen molar-refractivity contribution >= 4 is 23.5 Å². The van der Waals surface area contributed by atoms with Crippen LogP contribution in [-0.2, 0) is 9.59 Å². The van der Waals surface area contributed by atoms with Crippen LogP contribution in [0.2, 0.25) is 0 Å². The maximum absolute atomic E-state index is 11.8. The van der Waals surface area contributed by atoms with Crippen molar-refractivity contribution in [2.24, 2.45) is 0 Å². The zero-order valence-corrected chi connectivity index (χ0v) is 10.2. The number of hydrogen-bond acceptors (Lipinski definition) is 5. The molecule has 6 heteroatoms. The Morgan fingerprint density at radius 1 is 1.41 bits per heavy atom. The molecule has 0 spiro atoms. The van der Waals surface area contributed by atoms with Crippen molar-refractivity contribution in [2.45, 2.75) is 17.9 Å². The van der Waals surface area contributed by atoms with Gasteiger partial charge in [0, 0.05) is 32.1 Å². The van der Waals surface area contributed by atoms with Crippen LogP contribution in [0.5, 0.6) is 0 Å². The van der Waals surface area contributed by atoms with Gasteiger partial charge in [-0.2, -0.15) is 0 Å². The Kier molecular flexibility index (Phi) is 4.08. The third kappa shape index (κ3) is 3.52. The molecule has 17 heavy (non-hydrogen) atoms. The highest BCUT2D eigenvalue weighted by Gasteiger charge is 2.20. The van der Waals surface area contributed by atoms with Crippen LogP contribution in [-0.4, -0.2) is 45.4 Å². The van der Waals surface area contributed by atoms with Crippen LogP contribution in [0.15, 0.2) is 23.6 Å². The van der Waals surface area contributed by atoms with Gasteiger partial charge in [0.25, 0.3) is 0 Å². The second kappa shape index (κ2) is 5.77. The average Bonchev–Trinajstić information content (AvgIpc) is 2.38. The number of piperidine rings is 1. The number of thioether (sulfide) groups is 1. The summed E-state index contributed by atoms with van der Waals surface area (Å²) in [7, 11) is 0. The summed E-state index contributed by atoms with van der Waals surface area (Å²) in [5, 5.41) is 0.793. The zero-order chi connectivity index (χ0) is 12.1. The van der Waals surface area contributed by atoms with Gasteiger partial charge in [0.15, 0.2) is 0 Å². The molecule has 0 saturated carbocycles. The van der Waals surface area contributed by atoms with Crippen LogP contribution in [0.4, 0.5) is 0 Å². The predicted molar refractivity (Wildman–Crippen MR) is 63.6 cm³/mol. The molecule has 1 aromatic rings. The maximum Gasteiger partial charge on any atom is 0.233 e. The van der Waals surface area contributed by atoms with E-state index >= 15 is 0 Å². The molecule has 1 aromatic heterocycles. The summed E-state index contributed by atoms with van der Waals surface area (Å²) in [6, 6.07) is 1.78. The van der Waals surface area contributed by atoms with Gasteiger partial charge in [0.1, 0.15) is 12.1 Å². The predicted octanol–water partition coefficient (Wildman–Crippen LogP) is 0.760. The summed E-state index contributed by atoms with van der Waals surface area (Å²) in [6.07, 6.45) is 4.10. The van der Waals surface area contributed by atoms with E-state index < -0.39 is 0 Å². The molecule has 1 aliphatic heterocycles. The van der Waals surface area contributed by atoms with Crippen LogP contribution in [0, 0.1) is 0 Å². The van der Waals surface area contributed by atoms with Gasteiger partial charge in [-0.1, -0.05) is 11.8 Å². The van der Waals surface area contributed by atoms with E-state index in [-0.39, 0.29) is 11.7 Å². The number of likely N-dealkylation sites (tertiary alicyclic amines) is 1. The fraction of sp³-hybridized carbons (Fsp3) is 0.455. The van der Waals surface area contributed by atoms with Crippen molar-refractivity contribution in [2.75, 3.05) is 18.8 Å². The van der Waals surface area contributed by atoms with E-state index in [4.69, 9.17) is 0 Å². The number of aromatic nitrogens is 2. The molecule has 90 valence electrons. The molecule has 1 aliphatic rings. The standard InChI is InChI=1S/C11H13N3O2S/c15-9-2-5-14(6-3-9)11(16)7-17-10-1-4-12-8-13-10/h1,4,8H,2-3,5-7H2. The summed E-state index contributed by atoms with van der Waals surface area (Å²) in [5.41, 5.74) is 0. The number of amides is 1. The SMILES string of the molecule is O=C1CCN(C(=O)CSc2ccncn2)CC1. The van der Waals surface area contributed by atoms with Gasteiger partial charge in [-0.05, 0) is 6.07 Å². The normalized spacial score (nSPS) is 16.0. The lowest BCUT2D eigenvalue weighted by Gasteiger charge is -2.25. The molecule has 1 fully saturated rings. The Hall–Kier alpha value is -1.43. The molecule has 2 heterocycles. The largest absolute Gasteiger partial charge is 0.341 e. The topological polar surface area (TPSA) is 63.2 Å². The van der Waals surface area contributed by atoms with Crippen molar-refractivity contribution in [1.29, 1.82) is 0 Å². The number of nitrogens with zero attached hydrogens (tertiary/aromatic N) is 3. The molecule has 0 unspecified atom stereocenters. The first kappa shape index (κ1) is 12.0. The van der Waals surface area contributed by atoms with Gasteiger partial charge in [-0.3, -0.25) is 9.59 Å². The molecular weight excluding hydrogens is 238 g/mol. The highest BCUT2D eigenvalue weighted by Crippen LogP contribution is 2.15. The van der Waals surface area contributed by atoms with E-state index in [1.165, 1.54) is 18.1 Å². The first-order valence-corrected chi connectivity index (χ1v) is 6.42. The van der Waals surface area contributed by atoms with Gasteiger partial charge in [-0.25, -0.2) is 9.97 Å². The van der Waals surface area contributed by atoms with E-state index in [1.54, 1.807) is 17.2 Å². The lowest BCUT2D eigenvalue weighted by molar-refractivity contribution is -0.132. The van der Waals surface area contributed by atoms with Crippen LogP contribution < -0.4 is 0 Å². The third-order valence-electron chi connectivity index (χ3n) is 2.57. The molecule has 0 atom stereocenters. The number of Topliss-reactive ketones (excluding diaryl/α,β-unsaturated/α-hetero) is 1. The molecule has 5 nitrogen and oxygen atoms in total. The Labute approximate surface area is 104 Å². The molecule has 1 amide bonds. The summed E-state index contributed by atoms with van der Waals surface area (Å²) >= 11 is 1.40. The summed E-state index contributed by atoms with van der Waals surface area (Å²) in [6.45, 7) is 1.12. The third-order valence-corrected chi connectivity index (χ3v) is 3.50. The summed E-state index contributed by atoms with van der Waals surface area (Å²) in [5.74, 6) is 0.684. The minimum absolute atomic E-state index is 0.0705. The van der Waals surface area contributed by atoms with Gasteiger partial charge in [-0.15, -0.1) is 0 Å². The number of rotatable bonds is 3. The fourth-order valence-corrected chi connectivity index (χ4v) is 2.33. The quantitative estimate of drug-likeness (QED) is 0.586. The van der Waals surface area contributed by atoms with Crippen molar-refractivity contribution in [3.63, 3.8) is 0 Å². The van der Waals surface area contributed by atoms with Crippen molar-refractivity contribution < 1.29 is 9.59 Å². The minimum atomic E-state index is 0.0705. The minimum Gasteiger partial charge on any atom is -0.341 e. The lowest BCUT2D eigenvalue weighted by Crippen LogP contribution is -2.39. The first-order valence-electron chi connectivity index (χ1n) is 5.44. The number of carbonyl (C=O) groups is 2. The number of ketones is 1. The smallest absolute Gasteiger partial charge is 0.233 e. The lowest BCUT2D eigenvalue weighted by atomic mass is 10.1. The number of carbonyl (C=O) groups excluding carboxylic acids is 2. The van der Waals surface area contributed by atoms with Gasteiger partial charge < -0.3 is 4.90 Å². The molecule has 0 bridgehead atoms. The van der Waals surface area contributed by atoms with Crippen LogP contribution in [0.25, 0.3) is 0 Å². The Morgan fingerprint density at radius 3 is 2.82 bits per heavy atom. The van der Waals surface area contributed by atoms with E-state index in [9.17, 15) is 9.59 Å². The molecule has 0 aliphatic carbocycles. The van der Waals surface area contributed by atoms with Crippen LogP contribution in [0.1, 0.15) is 12.8 Å². The van der Waals surface area contributed by atoms with Crippen molar-refractivity contribution in [3.8, 4) is 0 Å². The summed E-state index contributed by atoms with van der Waals surface area (Å²) < 4.78 is 0. The van der Waals surface area contributed by atoms with E-state index in [0.717, 1.165) is 5.03 Å². The first-order chi connectivity index (χ1) is 8.25. The zero-order valence-electron chi connectivity index (χ0n) is 9.33. The van der Waals surface area contributed by atoms with Crippen LogP contribution in [0.3, 0.4) is 0 Å². The van der Waals surface area contributed by atoms with Crippen LogP contribution >= 0.6 is 11.8 Å². The molecule has 1 saturated heterocycles. The highest BCUT2D eigenvalue weighted by molar-refractivity contribution is 7.99. The molecule has 0 radical (unpaired) electrons. The van der Waals surface area contributed by atoms with E-state index in [0.29, 0.717) is 31.7 Å². The van der Waals surface area contributed by atoms with Crippen molar-refractivity contribution in [3.05, 3.63) is 18.6 Å². The Morgan fingerprint density at radius 2 is 2.18 bits per heavy atom. The van der Waals surface area contributed by atoms with E-state index in [1.807, 2.05) is 0 Å². The second-order valence-electron chi connectivity index (χ2n) is 3.76. The number of hydrogen-bond donors (Lipinski definition) is 0. The molecular formula is C11H13N3O2S. The van der Waals surface area contributed by atoms with E-state index in [2.05, 4.69) is 9.97 Å². The van der Waals surface area contributed by atoms with Gasteiger partial charge in [0.2, 0.25) is 5.91 Å². The maximum atomic E-state index is 11.8.